The van der Waals surface area contributed by atoms with Gasteiger partial charge in [0, 0.05) is 11.5 Å². The molecule has 0 atom stereocenters. The van der Waals surface area contributed by atoms with Crippen molar-refractivity contribution in [1.29, 1.82) is 0 Å². The van der Waals surface area contributed by atoms with Crippen LogP contribution in [-0.2, 0) is 16.0 Å². The highest BCUT2D eigenvalue weighted by molar-refractivity contribution is 6.07. The Morgan fingerprint density at radius 3 is 2.70 bits per heavy atom. The van der Waals surface area contributed by atoms with Crippen molar-refractivity contribution >= 4 is 40.1 Å². The number of furan rings is 1. The fourth-order valence-electron chi connectivity index (χ4n) is 4.54. The number of esters is 1. The average molecular weight is 499 g/mol. The number of ether oxygens (including phenoxy) is 3. The number of benzene rings is 2. The first-order valence-electron chi connectivity index (χ1n) is 11.9. The number of nitrogens with one attached hydrogen (secondary N) is 1. The molecule has 2 heterocycles. The largest absolute Gasteiger partial charge is 0.497 e. The van der Waals surface area contributed by atoms with Gasteiger partial charge < -0.3 is 23.9 Å². The monoisotopic (exact) mass is 498 g/mol. The van der Waals surface area contributed by atoms with Gasteiger partial charge in [0.2, 0.25) is 0 Å². The summed E-state index contributed by atoms with van der Waals surface area (Å²) >= 11 is 0. The van der Waals surface area contributed by atoms with E-state index in [0.717, 1.165) is 35.4 Å². The number of amides is 1. The number of pyridine rings is 1. The molecular formula is C29H26N2O6. The maximum absolute atomic E-state index is 13.4. The second-order valence-electron chi connectivity index (χ2n) is 8.56. The van der Waals surface area contributed by atoms with E-state index in [4.69, 9.17) is 23.6 Å². The number of aromatic nitrogens is 1. The average Bonchev–Trinajstić information content (AvgIpc) is 3.44. The topological polar surface area (TPSA) is 99.9 Å². The molecule has 2 aromatic heterocycles. The first kappa shape index (κ1) is 24.1. The van der Waals surface area contributed by atoms with Crippen LogP contribution in [0.1, 0.15) is 40.2 Å². The molecule has 0 aliphatic heterocycles. The Balaban J connectivity index is 1.42. The first-order valence-corrected chi connectivity index (χ1v) is 11.9. The Labute approximate surface area is 213 Å². The zero-order chi connectivity index (χ0) is 25.8. The molecule has 1 aliphatic rings. The van der Waals surface area contributed by atoms with Crippen LogP contribution in [-0.4, -0.2) is 37.7 Å². The Kier molecular flexibility index (Phi) is 6.89. The van der Waals surface area contributed by atoms with Crippen LogP contribution < -0.4 is 14.8 Å². The molecule has 2 aromatic carbocycles. The molecule has 0 fully saturated rings. The van der Waals surface area contributed by atoms with Gasteiger partial charge in [0.25, 0.3) is 5.91 Å². The van der Waals surface area contributed by atoms with Gasteiger partial charge in [0.05, 0.1) is 42.9 Å². The summed E-state index contributed by atoms with van der Waals surface area (Å²) in [6, 6.07) is 16.2. The lowest BCUT2D eigenvalue weighted by atomic mass is 9.86. The zero-order valence-electron chi connectivity index (χ0n) is 20.6. The van der Waals surface area contributed by atoms with E-state index in [0.29, 0.717) is 40.1 Å². The minimum absolute atomic E-state index is 0.434. The molecule has 0 spiro atoms. The van der Waals surface area contributed by atoms with Gasteiger partial charge in [-0.2, -0.15) is 0 Å². The third-order valence-electron chi connectivity index (χ3n) is 6.25. The van der Waals surface area contributed by atoms with Crippen LogP contribution in [0.5, 0.6) is 11.5 Å². The van der Waals surface area contributed by atoms with Crippen LogP contribution in [0.2, 0.25) is 0 Å². The Morgan fingerprint density at radius 1 is 1.05 bits per heavy atom. The molecule has 4 aromatic rings. The Morgan fingerprint density at radius 2 is 1.92 bits per heavy atom. The van der Waals surface area contributed by atoms with Crippen molar-refractivity contribution in [3.63, 3.8) is 0 Å². The molecule has 0 unspecified atom stereocenters. The van der Waals surface area contributed by atoms with Crippen molar-refractivity contribution in [3.8, 4) is 11.5 Å². The van der Waals surface area contributed by atoms with Crippen molar-refractivity contribution in [3.05, 3.63) is 83.4 Å². The summed E-state index contributed by atoms with van der Waals surface area (Å²) in [6.07, 6.45) is 5.95. The molecule has 0 bridgehead atoms. The van der Waals surface area contributed by atoms with Crippen LogP contribution in [0, 0.1) is 0 Å². The fourth-order valence-corrected chi connectivity index (χ4v) is 4.54. The highest BCUT2D eigenvalue weighted by Crippen LogP contribution is 2.36. The summed E-state index contributed by atoms with van der Waals surface area (Å²) in [7, 11) is 3.04. The molecule has 188 valence electrons. The Hall–Kier alpha value is -4.59. The van der Waals surface area contributed by atoms with E-state index < -0.39 is 18.5 Å². The van der Waals surface area contributed by atoms with Crippen molar-refractivity contribution in [2.24, 2.45) is 0 Å². The van der Waals surface area contributed by atoms with Crippen LogP contribution >= 0.6 is 0 Å². The van der Waals surface area contributed by atoms with E-state index in [1.807, 2.05) is 42.5 Å². The molecule has 1 amide bonds. The summed E-state index contributed by atoms with van der Waals surface area (Å²) in [4.78, 5) is 30.9. The SMILES string of the molecule is COc1ccc(NC(=O)COC(=O)c2c3c(nc4ccccc24)/C(=C/c2ccco2)CCC3)c(OC)c1. The standard InChI is InChI=1S/C29H26N2O6/c1-34-19-12-13-24(25(16-19)35-2)30-26(32)17-37-29(33)27-21-9-3-4-11-23(21)31-28-18(7-5-10-22(27)28)15-20-8-6-14-36-20/h3-4,6,8-9,11-16H,5,7,10,17H2,1-2H3,(H,30,32)/b18-15+. The highest BCUT2D eigenvalue weighted by atomic mass is 16.5. The molecular weight excluding hydrogens is 472 g/mol. The third kappa shape index (κ3) is 5.04. The number of hydrogen-bond acceptors (Lipinski definition) is 7. The van der Waals surface area contributed by atoms with Gasteiger partial charge >= 0.3 is 5.97 Å². The molecule has 5 rings (SSSR count). The summed E-state index contributed by atoms with van der Waals surface area (Å²) in [5, 5.41) is 3.42. The number of rotatable bonds is 7. The molecule has 0 radical (unpaired) electrons. The summed E-state index contributed by atoms with van der Waals surface area (Å²) < 4.78 is 21.5. The second-order valence-corrected chi connectivity index (χ2v) is 8.56. The molecule has 0 saturated heterocycles. The normalized spacial score (nSPS) is 13.7. The number of carbonyl (C=O) groups is 2. The molecule has 8 heteroatoms. The lowest BCUT2D eigenvalue weighted by Crippen LogP contribution is -2.22. The summed E-state index contributed by atoms with van der Waals surface area (Å²) in [5.41, 5.74) is 4.17. The lowest BCUT2D eigenvalue weighted by molar-refractivity contribution is -0.119. The minimum Gasteiger partial charge on any atom is -0.497 e. The predicted molar refractivity (Wildman–Crippen MR) is 140 cm³/mol. The number of anilines is 1. The van der Waals surface area contributed by atoms with Gasteiger partial charge in [-0.05, 0) is 66.8 Å². The number of carbonyl (C=O) groups excluding carboxylic acids is 2. The van der Waals surface area contributed by atoms with Gasteiger partial charge in [-0.3, -0.25) is 4.79 Å². The maximum Gasteiger partial charge on any atom is 0.339 e. The van der Waals surface area contributed by atoms with E-state index in [1.54, 1.807) is 31.6 Å². The van der Waals surface area contributed by atoms with Crippen LogP contribution in [0.3, 0.4) is 0 Å². The Bertz CT molecular complexity index is 1490. The zero-order valence-corrected chi connectivity index (χ0v) is 20.6. The highest BCUT2D eigenvalue weighted by Gasteiger charge is 2.26. The third-order valence-corrected chi connectivity index (χ3v) is 6.25. The van der Waals surface area contributed by atoms with Crippen LogP contribution in [0.15, 0.2) is 65.3 Å². The minimum atomic E-state index is -0.564. The van der Waals surface area contributed by atoms with E-state index in [2.05, 4.69) is 5.32 Å². The number of fused-ring (bicyclic) bond motifs is 2. The van der Waals surface area contributed by atoms with Crippen molar-refractivity contribution in [2.45, 2.75) is 19.3 Å². The van der Waals surface area contributed by atoms with Gasteiger partial charge in [-0.1, -0.05) is 18.2 Å². The fraction of sp³-hybridized carbons (Fsp3) is 0.207. The quantitative estimate of drug-likeness (QED) is 0.335. The van der Waals surface area contributed by atoms with E-state index >= 15 is 0 Å². The van der Waals surface area contributed by atoms with E-state index in [9.17, 15) is 9.59 Å². The number of hydrogen-bond donors (Lipinski definition) is 1. The van der Waals surface area contributed by atoms with E-state index in [1.165, 1.54) is 7.11 Å². The number of allylic oxidation sites excluding steroid dienone is 1. The van der Waals surface area contributed by atoms with Crippen LogP contribution in [0.4, 0.5) is 5.69 Å². The maximum atomic E-state index is 13.4. The molecule has 0 saturated carbocycles. The summed E-state index contributed by atoms with van der Waals surface area (Å²) in [5.74, 6) is 0.709. The number of nitrogens with zero attached hydrogens (tertiary/aromatic N) is 1. The predicted octanol–water partition coefficient (Wildman–Crippen LogP) is 5.52. The second kappa shape index (κ2) is 10.6. The number of para-hydroxylation sites is 1. The summed E-state index contributed by atoms with van der Waals surface area (Å²) in [6.45, 7) is -0.450. The lowest BCUT2D eigenvalue weighted by Gasteiger charge is -2.22. The van der Waals surface area contributed by atoms with Crippen molar-refractivity contribution in [2.75, 3.05) is 26.1 Å². The smallest absolute Gasteiger partial charge is 0.339 e. The molecule has 37 heavy (non-hydrogen) atoms. The first-order chi connectivity index (χ1) is 18.1. The van der Waals surface area contributed by atoms with Gasteiger partial charge in [0.1, 0.15) is 17.3 Å². The number of methoxy groups -OCH3 is 2. The van der Waals surface area contributed by atoms with Gasteiger partial charge in [-0.25, -0.2) is 9.78 Å². The van der Waals surface area contributed by atoms with Crippen molar-refractivity contribution in [1.82, 2.24) is 4.98 Å². The van der Waals surface area contributed by atoms with Crippen LogP contribution in [0.25, 0.3) is 22.6 Å². The van der Waals surface area contributed by atoms with Gasteiger partial charge in [0.15, 0.2) is 6.61 Å². The van der Waals surface area contributed by atoms with E-state index in [-0.39, 0.29) is 0 Å². The molecule has 1 aliphatic carbocycles. The van der Waals surface area contributed by atoms with Gasteiger partial charge in [-0.15, -0.1) is 0 Å². The van der Waals surface area contributed by atoms with Crippen molar-refractivity contribution < 1.29 is 28.2 Å². The molecule has 8 nitrogen and oxygen atoms in total. The molecule has 1 N–H and O–H groups in total.